The van der Waals surface area contributed by atoms with Gasteiger partial charge in [0.25, 0.3) is 0 Å². The Bertz CT molecular complexity index is 209. The first kappa shape index (κ1) is 10.4. The molecule has 2 saturated heterocycles. The van der Waals surface area contributed by atoms with E-state index in [-0.39, 0.29) is 11.6 Å². The summed E-state index contributed by atoms with van der Waals surface area (Å²) in [5, 5.41) is 0. The summed E-state index contributed by atoms with van der Waals surface area (Å²) in [7, 11) is 0. The first-order chi connectivity index (χ1) is 6.62. The lowest BCUT2D eigenvalue weighted by Gasteiger charge is -2.32. The van der Waals surface area contributed by atoms with Crippen molar-refractivity contribution in [1.29, 1.82) is 0 Å². The van der Waals surface area contributed by atoms with Crippen molar-refractivity contribution < 1.29 is 9.13 Å². The smallest absolute Gasteiger partial charge is 0.115 e. The molecule has 0 bridgehead atoms. The van der Waals surface area contributed by atoms with Crippen LogP contribution >= 0.6 is 0 Å². The molecule has 0 spiro atoms. The molecule has 2 heterocycles. The molecule has 2 atom stereocenters. The second-order valence-electron chi connectivity index (χ2n) is 4.94. The molecule has 2 aliphatic rings. The fourth-order valence-electron chi connectivity index (χ4n) is 2.77. The standard InChI is InChI=1S/C11H20FNO/c1-9(2)14-8-11-4-3-5-13(11)7-10(12)6-11/h9-10H,3-8H2,1-2H3/t10-,11?/m1/s1. The first-order valence-electron chi connectivity index (χ1n) is 5.63. The van der Waals surface area contributed by atoms with E-state index in [0.29, 0.717) is 19.6 Å². The fourth-order valence-corrected chi connectivity index (χ4v) is 2.77. The van der Waals surface area contributed by atoms with Crippen LogP contribution in [-0.4, -0.2) is 42.4 Å². The lowest BCUT2D eigenvalue weighted by molar-refractivity contribution is 0.00276. The minimum Gasteiger partial charge on any atom is -0.377 e. The number of hydrogen-bond donors (Lipinski definition) is 0. The maximum absolute atomic E-state index is 13.3. The van der Waals surface area contributed by atoms with Crippen molar-refractivity contribution >= 4 is 0 Å². The lowest BCUT2D eigenvalue weighted by atomic mass is 9.95. The van der Waals surface area contributed by atoms with Gasteiger partial charge in [-0.2, -0.15) is 0 Å². The van der Waals surface area contributed by atoms with Crippen LogP contribution in [0.25, 0.3) is 0 Å². The van der Waals surface area contributed by atoms with Crippen molar-refractivity contribution in [3.8, 4) is 0 Å². The third kappa shape index (κ3) is 1.80. The summed E-state index contributed by atoms with van der Waals surface area (Å²) >= 11 is 0. The number of fused-ring (bicyclic) bond motifs is 1. The van der Waals surface area contributed by atoms with Gasteiger partial charge in [0, 0.05) is 18.5 Å². The number of hydrogen-bond acceptors (Lipinski definition) is 2. The summed E-state index contributed by atoms with van der Waals surface area (Å²) in [6.45, 7) is 6.48. The summed E-state index contributed by atoms with van der Waals surface area (Å²) in [6, 6.07) is 0. The van der Waals surface area contributed by atoms with Gasteiger partial charge in [-0.1, -0.05) is 0 Å². The third-order valence-electron chi connectivity index (χ3n) is 3.45. The van der Waals surface area contributed by atoms with Crippen molar-refractivity contribution in [2.24, 2.45) is 0 Å². The largest absolute Gasteiger partial charge is 0.377 e. The van der Waals surface area contributed by atoms with Crippen LogP contribution in [0.1, 0.15) is 33.1 Å². The predicted octanol–water partition coefficient (Wildman–Crippen LogP) is 1.99. The van der Waals surface area contributed by atoms with Gasteiger partial charge in [-0.3, -0.25) is 4.90 Å². The Morgan fingerprint density at radius 2 is 2.36 bits per heavy atom. The number of rotatable bonds is 3. The zero-order chi connectivity index (χ0) is 10.2. The number of nitrogens with zero attached hydrogens (tertiary/aromatic N) is 1. The minimum absolute atomic E-state index is 0.0453. The van der Waals surface area contributed by atoms with E-state index in [2.05, 4.69) is 4.90 Å². The molecule has 0 aromatic heterocycles. The van der Waals surface area contributed by atoms with Gasteiger partial charge in [-0.05, 0) is 33.2 Å². The molecule has 2 rings (SSSR count). The normalized spacial score (nSPS) is 38.1. The molecule has 14 heavy (non-hydrogen) atoms. The van der Waals surface area contributed by atoms with Crippen molar-refractivity contribution in [1.82, 2.24) is 4.90 Å². The highest BCUT2D eigenvalue weighted by atomic mass is 19.1. The van der Waals surface area contributed by atoms with Crippen LogP contribution in [0.2, 0.25) is 0 Å². The van der Waals surface area contributed by atoms with Crippen LogP contribution in [0.3, 0.4) is 0 Å². The highest BCUT2D eigenvalue weighted by molar-refractivity contribution is 5.03. The average Bonchev–Trinajstić information content (AvgIpc) is 2.56. The topological polar surface area (TPSA) is 12.5 Å². The van der Waals surface area contributed by atoms with Gasteiger partial charge in [-0.25, -0.2) is 4.39 Å². The average molecular weight is 201 g/mol. The Morgan fingerprint density at radius 1 is 1.57 bits per heavy atom. The van der Waals surface area contributed by atoms with Gasteiger partial charge in [0.1, 0.15) is 6.17 Å². The zero-order valence-electron chi connectivity index (χ0n) is 9.13. The quantitative estimate of drug-likeness (QED) is 0.692. The predicted molar refractivity (Wildman–Crippen MR) is 54.1 cm³/mol. The molecular formula is C11H20FNO. The Hall–Kier alpha value is -0.150. The van der Waals surface area contributed by atoms with Crippen LogP contribution in [0.5, 0.6) is 0 Å². The van der Waals surface area contributed by atoms with Crippen LogP contribution in [0.4, 0.5) is 4.39 Å². The molecule has 2 nitrogen and oxygen atoms in total. The first-order valence-corrected chi connectivity index (χ1v) is 5.63. The van der Waals surface area contributed by atoms with Crippen molar-refractivity contribution in [2.75, 3.05) is 19.7 Å². The van der Waals surface area contributed by atoms with E-state index in [1.54, 1.807) is 0 Å². The monoisotopic (exact) mass is 201 g/mol. The highest BCUT2D eigenvalue weighted by Gasteiger charge is 2.48. The molecule has 2 fully saturated rings. The van der Waals surface area contributed by atoms with Crippen molar-refractivity contribution in [2.45, 2.75) is 50.9 Å². The van der Waals surface area contributed by atoms with Gasteiger partial charge < -0.3 is 4.74 Å². The van der Waals surface area contributed by atoms with Crippen molar-refractivity contribution in [3.05, 3.63) is 0 Å². The molecule has 1 unspecified atom stereocenters. The maximum Gasteiger partial charge on any atom is 0.115 e. The summed E-state index contributed by atoms with van der Waals surface area (Å²) in [4.78, 5) is 2.29. The molecule has 0 saturated carbocycles. The van der Waals surface area contributed by atoms with E-state index < -0.39 is 6.17 Å². The highest BCUT2D eigenvalue weighted by Crippen LogP contribution is 2.40. The Morgan fingerprint density at radius 3 is 3.07 bits per heavy atom. The van der Waals surface area contributed by atoms with E-state index in [9.17, 15) is 4.39 Å². The molecule has 0 amide bonds. The van der Waals surface area contributed by atoms with Gasteiger partial charge in [0.05, 0.1) is 12.7 Å². The molecule has 0 radical (unpaired) electrons. The van der Waals surface area contributed by atoms with E-state index >= 15 is 0 Å². The van der Waals surface area contributed by atoms with Crippen molar-refractivity contribution in [3.63, 3.8) is 0 Å². The Kier molecular flexibility index (Phi) is 2.80. The lowest BCUT2D eigenvalue weighted by Crippen LogP contribution is -2.43. The van der Waals surface area contributed by atoms with Crippen LogP contribution < -0.4 is 0 Å². The van der Waals surface area contributed by atoms with Crippen LogP contribution in [-0.2, 0) is 4.74 Å². The minimum atomic E-state index is -0.633. The Balaban J connectivity index is 1.98. The summed E-state index contributed by atoms with van der Waals surface area (Å²) in [6.07, 6.45) is 2.62. The van der Waals surface area contributed by atoms with E-state index in [4.69, 9.17) is 4.74 Å². The SMILES string of the molecule is CC(C)OCC12CCCN1C[C@H](F)C2. The Labute approximate surface area is 85.4 Å². The number of alkyl halides is 1. The fraction of sp³-hybridized carbons (Fsp3) is 1.00. The van der Waals surface area contributed by atoms with Crippen LogP contribution in [0.15, 0.2) is 0 Å². The van der Waals surface area contributed by atoms with E-state index in [1.807, 2.05) is 13.8 Å². The van der Waals surface area contributed by atoms with Gasteiger partial charge >= 0.3 is 0 Å². The second-order valence-corrected chi connectivity index (χ2v) is 4.94. The zero-order valence-corrected chi connectivity index (χ0v) is 9.13. The van der Waals surface area contributed by atoms with Crippen LogP contribution in [0, 0.1) is 0 Å². The molecule has 2 aliphatic heterocycles. The number of halogens is 1. The van der Waals surface area contributed by atoms with Gasteiger partial charge in [0.2, 0.25) is 0 Å². The maximum atomic E-state index is 13.3. The molecule has 0 aromatic rings. The summed E-state index contributed by atoms with van der Waals surface area (Å²) in [5.41, 5.74) is 0.0453. The third-order valence-corrected chi connectivity index (χ3v) is 3.45. The molecule has 0 aliphatic carbocycles. The van der Waals surface area contributed by atoms with E-state index in [0.717, 1.165) is 13.0 Å². The summed E-state index contributed by atoms with van der Waals surface area (Å²) in [5.74, 6) is 0. The van der Waals surface area contributed by atoms with Gasteiger partial charge in [-0.15, -0.1) is 0 Å². The molecule has 0 aromatic carbocycles. The molecule has 82 valence electrons. The molecular weight excluding hydrogens is 181 g/mol. The molecule has 0 N–H and O–H groups in total. The second kappa shape index (κ2) is 3.78. The summed E-state index contributed by atoms with van der Waals surface area (Å²) < 4.78 is 19.0. The number of ether oxygens (including phenoxy) is 1. The van der Waals surface area contributed by atoms with E-state index in [1.165, 1.54) is 6.42 Å². The molecule has 3 heteroatoms. The van der Waals surface area contributed by atoms with Gasteiger partial charge in [0.15, 0.2) is 0 Å².